The summed E-state index contributed by atoms with van der Waals surface area (Å²) in [6, 6.07) is 10.7. The van der Waals surface area contributed by atoms with Crippen LogP contribution in [-0.2, 0) is 6.54 Å². The van der Waals surface area contributed by atoms with Gasteiger partial charge in [-0.05, 0) is 6.42 Å². The Labute approximate surface area is 142 Å². The molecule has 1 N–H and O–H groups in total. The molecule has 1 atom stereocenters. The number of hydrogen-bond acceptors (Lipinski definition) is 5. The predicted octanol–water partition coefficient (Wildman–Crippen LogP) is 2.70. The summed E-state index contributed by atoms with van der Waals surface area (Å²) < 4.78 is 0. The quantitative estimate of drug-likeness (QED) is 0.883. The minimum Gasteiger partial charge on any atom is -0.395 e. The first-order valence-corrected chi connectivity index (χ1v) is 9.25. The van der Waals surface area contributed by atoms with Crippen molar-refractivity contribution in [3.63, 3.8) is 0 Å². The van der Waals surface area contributed by atoms with E-state index in [1.165, 1.54) is 10.6 Å². The first kappa shape index (κ1) is 16.6. The van der Waals surface area contributed by atoms with E-state index in [2.05, 4.69) is 46.4 Å². The smallest absolute Gasteiger partial charge is 0.107 e. The van der Waals surface area contributed by atoms with Crippen LogP contribution in [0.15, 0.2) is 35.7 Å². The zero-order valence-corrected chi connectivity index (χ0v) is 14.5. The monoisotopic (exact) mass is 331 g/mol. The number of benzene rings is 1. The molecule has 0 amide bonds. The highest BCUT2D eigenvalue weighted by atomic mass is 32.1. The fourth-order valence-electron chi connectivity index (χ4n) is 3.11. The molecule has 2 heterocycles. The molecular weight excluding hydrogens is 306 g/mol. The Kier molecular flexibility index (Phi) is 5.78. The van der Waals surface area contributed by atoms with Gasteiger partial charge in [-0.25, -0.2) is 4.98 Å². The third kappa shape index (κ3) is 4.18. The second-order valence-electron chi connectivity index (χ2n) is 6.05. The molecule has 1 unspecified atom stereocenters. The SMILES string of the molecule is CCC(CO)N1CCN(Cc2nc(-c3ccccc3)cs2)CC1. The van der Waals surface area contributed by atoms with Crippen molar-refractivity contribution in [2.24, 2.45) is 0 Å². The van der Waals surface area contributed by atoms with Crippen molar-refractivity contribution in [1.82, 2.24) is 14.8 Å². The van der Waals surface area contributed by atoms with Gasteiger partial charge in [0.25, 0.3) is 0 Å². The maximum atomic E-state index is 9.43. The maximum Gasteiger partial charge on any atom is 0.107 e. The number of piperazine rings is 1. The molecule has 1 fully saturated rings. The van der Waals surface area contributed by atoms with E-state index in [1.807, 2.05) is 6.07 Å². The van der Waals surface area contributed by atoms with Gasteiger partial charge in [0.2, 0.25) is 0 Å². The minimum atomic E-state index is 0.267. The topological polar surface area (TPSA) is 39.6 Å². The van der Waals surface area contributed by atoms with Crippen LogP contribution in [0.1, 0.15) is 18.4 Å². The lowest BCUT2D eigenvalue weighted by molar-refractivity contribution is 0.0608. The van der Waals surface area contributed by atoms with Crippen LogP contribution in [0.3, 0.4) is 0 Å². The lowest BCUT2D eigenvalue weighted by Crippen LogP contribution is -2.50. The van der Waals surface area contributed by atoms with Crippen LogP contribution < -0.4 is 0 Å². The van der Waals surface area contributed by atoms with Crippen molar-refractivity contribution in [3.8, 4) is 11.3 Å². The molecule has 124 valence electrons. The number of thiazole rings is 1. The molecule has 0 saturated carbocycles. The Hall–Kier alpha value is -1.27. The zero-order valence-electron chi connectivity index (χ0n) is 13.7. The van der Waals surface area contributed by atoms with E-state index in [9.17, 15) is 5.11 Å². The second-order valence-corrected chi connectivity index (χ2v) is 6.99. The molecule has 1 aromatic heterocycles. The van der Waals surface area contributed by atoms with Crippen LogP contribution in [-0.4, -0.2) is 58.7 Å². The fraction of sp³-hybridized carbons (Fsp3) is 0.500. The van der Waals surface area contributed by atoms with Crippen LogP contribution in [0, 0.1) is 0 Å². The van der Waals surface area contributed by atoms with Gasteiger partial charge >= 0.3 is 0 Å². The number of aliphatic hydroxyl groups excluding tert-OH is 1. The van der Waals surface area contributed by atoms with Gasteiger partial charge in [-0.3, -0.25) is 9.80 Å². The lowest BCUT2D eigenvalue weighted by Gasteiger charge is -2.38. The van der Waals surface area contributed by atoms with Crippen molar-refractivity contribution in [1.29, 1.82) is 0 Å². The molecule has 3 rings (SSSR count). The number of aromatic nitrogens is 1. The summed E-state index contributed by atoms with van der Waals surface area (Å²) in [6.45, 7) is 7.53. The van der Waals surface area contributed by atoms with Crippen LogP contribution in [0.25, 0.3) is 11.3 Å². The lowest BCUT2D eigenvalue weighted by atomic mass is 10.1. The third-order valence-corrected chi connectivity index (χ3v) is 5.42. The largest absolute Gasteiger partial charge is 0.395 e. The summed E-state index contributed by atoms with van der Waals surface area (Å²) in [5.41, 5.74) is 2.27. The second kappa shape index (κ2) is 8.02. The van der Waals surface area contributed by atoms with Gasteiger partial charge in [0.15, 0.2) is 0 Å². The van der Waals surface area contributed by atoms with Gasteiger partial charge in [0.05, 0.1) is 18.8 Å². The van der Waals surface area contributed by atoms with Crippen LogP contribution >= 0.6 is 11.3 Å². The molecule has 0 bridgehead atoms. The Bertz CT molecular complexity index is 589. The average Bonchev–Trinajstić information content (AvgIpc) is 3.07. The van der Waals surface area contributed by atoms with Crippen LogP contribution in [0.5, 0.6) is 0 Å². The van der Waals surface area contributed by atoms with E-state index in [1.54, 1.807) is 11.3 Å². The molecular formula is C18H25N3OS. The summed E-state index contributed by atoms with van der Waals surface area (Å²) in [5.74, 6) is 0. The van der Waals surface area contributed by atoms with E-state index < -0.39 is 0 Å². The maximum absolute atomic E-state index is 9.43. The van der Waals surface area contributed by atoms with Crippen LogP contribution in [0.2, 0.25) is 0 Å². The van der Waals surface area contributed by atoms with E-state index in [0.29, 0.717) is 6.04 Å². The highest BCUT2D eigenvalue weighted by Gasteiger charge is 2.22. The summed E-state index contributed by atoms with van der Waals surface area (Å²) >= 11 is 1.75. The van der Waals surface area contributed by atoms with E-state index in [-0.39, 0.29) is 6.61 Å². The first-order chi connectivity index (χ1) is 11.3. The van der Waals surface area contributed by atoms with Crippen molar-refractivity contribution in [3.05, 3.63) is 40.7 Å². The molecule has 2 aromatic rings. The summed E-state index contributed by atoms with van der Waals surface area (Å²) in [4.78, 5) is 9.66. The highest BCUT2D eigenvalue weighted by Crippen LogP contribution is 2.23. The summed E-state index contributed by atoms with van der Waals surface area (Å²) in [5, 5.41) is 12.8. The van der Waals surface area contributed by atoms with Gasteiger partial charge in [-0.15, -0.1) is 11.3 Å². The predicted molar refractivity (Wildman–Crippen MR) is 95.6 cm³/mol. The molecule has 5 heteroatoms. The van der Waals surface area contributed by atoms with Gasteiger partial charge in [-0.1, -0.05) is 37.3 Å². The number of hydrogen-bond donors (Lipinski definition) is 1. The van der Waals surface area contributed by atoms with Gasteiger partial charge < -0.3 is 5.11 Å². The number of rotatable bonds is 6. The molecule has 1 aliphatic heterocycles. The first-order valence-electron chi connectivity index (χ1n) is 8.37. The Morgan fingerprint density at radius 1 is 1.17 bits per heavy atom. The van der Waals surface area contributed by atoms with Gasteiger partial charge in [0, 0.05) is 43.2 Å². The molecule has 0 radical (unpaired) electrons. The van der Waals surface area contributed by atoms with Gasteiger partial charge in [-0.2, -0.15) is 0 Å². The Balaban J connectivity index is 1.54. The molecule has 0 spiro atoms. The average molecular weight is 331 g/mol. The molecule has 0 aliphatic carbocycles. The third-order valence-electron chi connectivity index (χ3n) is 4.59. The van der Waals surface area contributed by atoms with E-state index in [0.717, 1.165) is 44.8 Å². The number of nitrogens with zero attached hydrogens (tertiary/aromatic N) is 3. The van der Waals surface area contributed by atoms with Gasteiger partial charge in [0.1, 0.15) is 5.01 Å². The molecule has 1 saturated heterocycles. The molecule has 1 aromatic carbocycles. The van der Waals surface area contributed by atoms with Crippen molar-refractivity contribution in [2.75, 3.05) is 32.8 Å². The normalized spacial score (nSPS) is 18.2. The van der Waals surface area contributed by atoms with E-state index in [4.69, 9.17) is 4.98 Å². The Morgan fingerprint density at radius 3 is 2.57 bits per heavy atom. The zero-order chi connectivity index (χ0) is 16.1. The number of aliphatic hydroxyl groups is 1. The molecule has 1 aliphatic rings. The van der Waals surface area contributed by atoms with Crippen molar-refractivity contribution in [2.45, 2.75) is 25.9 Å². The standard InChI is InChI=1S/C18H25N3OS/c1-2-16(13-22)21-10-8-20(9-11-21)12-18-19-17(14-23-18)15-6-4-3-5-7-15/h3-7,14,16,22H,2,8-13H2,1H3. The van der Waals surface area contributed by atoms with Crippen LogP contribution in [0.4, 0.5) is 0 Å². The fourth-order valence-corrected chi connectivity index (χ4v) is 3.95. The highest BCUT2D eigenvalue weighted by molar-refractivity contribution is 7.09. The van der Waals surface area contributed by atoms with Crippen molar-refractivity contribution < 1.29 is 5.11 Å². The Morgan fingerprint density at radius 2 is 1.91 bits per heavy atom. The van der Waals surface area contributed by atoms with Crippen molar-refractivity contribution >= 4 is 11.3 Å². The minimum absolute atomic E-state index is 0.267. The molecule has 23 heavy (non-hydrogen) atoms. The van der Waals surface area contributed by atoms with E-state index >= 15 is 0 Å². The molecule has 4 nitrogen and oxygen atoms in total. The summed E-state index contributed by atoms with van der Waals surface area (Å²) in [6.07, 6.45) is 1.02. The summed E-state index contributed by atoms with van der Waals surface area (Å²) in [7, 11) is 0.